The second kappa shape index (κ2) is 10.3. The van der Waals surface area contributed by atoms with Crippen LogP contribution in [0.4, 0.5) is 0 Å². The highest BCUT2D eigenvalue weighted by atomic mass is 16.3. The lowest BCUT2D eigenvalue weighted by atomic mass is 9.85. The van der Waals surface area contributed by atoms with E-state index in [1.807, 2.05) is 44.4 Å². The molecule has 1 aliphatic carbocycles. The Bertz CT molecular complexity index is 809. The van der Waals surface area contributed by atoms with E-state index < -0.39 is 0 Å². The molecule has 6 nitrogen and oxygen atoms in total. The number of nitrogens with one attached hydrogen (secondary N) is 2. The zero-order chi connectivity index (χ0) is 21.4. The Hall–Kier alpha value is -2.76. The van der Waals surface area contributed by atoms with Crippen molar-refractivity contribution in [1.29, 1.82) is 0 Å². The molecule has 1 atom stereocenters. The second-order valence-corrected chi connectivity index (χ2v) is 8.38. The summed E-state index contributed by atoms with van der Waals surface area (Å²) < 4.78 is 5.43. The summed E-state index contributed by atoms with van der Waals surface area (Å²) in [5.41, 5.74) is 0.813. The van der Waals surface area contributed by atoms with E-state index in [-0.39, 0.29) is 17.4 Å². The van der Waals surface area contributed by atoms with Crippen LogP contribution < -0.4 is 10.6 Å². The van der Waals surface area contributed by atoms with Crippen LogP contribution in [0.2, 0.25) is 0 Å². The van der Waals surface area contributed by atoms with Gasteiger partial charge < -0.3 is 20.0 Å². The fraction of sp³-hybridized carbons (Fsp3) is 0.500. The van der Waals surface area contributed by atoms with Crippen LogP contribution in [0.1, 0.15) is 50.0 Å². The van der Waals surface area contributed by atoms with Gasteiger partial charge >= 0.3 is 0 Å². The minimum Gasteiger partial charge on any atom is -0.469 e. The highest BCUT2D eigenvalue weighted by molar-refractivity contribution is 5.84. The largest absolute Gasteiger partial charge is 0.469 e. The summed E-state index contributed by atoms with van der Waals surface area (Å²) in [6.45, 7) is 3.33. The van der Waals surface area contributed by atoms with Gasteiger partial charge in [0.15, 0.2) is 5.96 Å². The van der Waals surface area contributed by atoms with Gasteiger partial charge in [-0.05, 0) is 37.5 Å². The number of rotatable bonds is 8. The predicted molar refractivity (Wildman–Crippen MR) is 120 cm³/mol. The summed E-state index contributed by atoms with van der Waals surface area (Å²) >= 11 is 0. The van der Waals surface area contributed by atoms with Gasteiger partial charge in [-0.1, -0.05) is 43.2 Å². The van der Waals surface area contributed by atoms with Crippen molar-refractivity contribution >= 4 is 11.9 Å². The third-order valence-corrected chi connectivity index (χ3v) is 5.86. The quantitative estimate of drug-likeness (QED) is 0.513. The highest BCUT2D eigenvalue weighted by Gasteiger charge is 2.42. The molecular formula is C24H34N4O2. The molecule has 0 aliphatic heterocycles. The van der Waals surface area contributed by atoms with E-state index in [2.05, 4.69) is 29.7 Å². The number of guanidine groups is 1. The molecule has 30 heavy (non-hydrogen) atoms. The summed E-state index contributed by atoms with van der Waals surface area (Å²) in [6, 6.07) is 14.3. The number of benzene rings is 1. The highest BCUT2D eigenvalue weighted by Crippen LogP contribution is 2.39. The van der Waals surface area contributed by atoms with Crippen LogP contribution in [-0.2, 0) is 11.2 Å². The number of hydrogen-bond acceptors (Lipinski definition) is 3. The second-order valence-electron chi connectivity index (χ2n) is 8.38. The van der Waals surface area contributed by atoms with Crippen molar-refractivity contribution in [1.82, 2.24) is 15.5 Å². The van der Waals surface area contributed by atoms with Crippen molar-refractivity contribution in [2.24, 2.45) is 10.4 Å². The summed E-state index contributed by atoms with van der Waals surface area (Å²) in [6.07, 6.45) is 6.45. The number of carbonyl (C=O) groups is 1. The van der Waals surface area contributed by atoms with Crippen LogP contribution >= 0.6 is 0 Å². The Morgan fingerprint density at radius 2 is 1.90 bits per heavy atom. The average molecular weight is 411 g/mol. The number of nitrogens with zero attached hydrogens (tertiary/aromatic N) is 2. The molecule has 1 unspecified atom stereocenters. The molecule has 2 aromatic rings. The molecule has 2 N–H and O–H groups in total. The van der Waals surface area contributed by atoms with Crippen molar-refractivity contribution in [3.8, 4) is 0 Å². The molecule has 6 heteroatoms. The molecule has 1 aromatic carbocycles. The molecule has 0 spiro atoms. The maximum atomic E-state index is 12.9. The maximum absolute atomic E-state index is 12.9. The molecule has 0 saturated heterocycles. The molecule has 3 rings (SSSR count). The van der Waals surface area contributed by atoms with Gasteiger partial charge in [0.1, 0.15) is 5.76 Å². The maximum Gasteiger partial charge on any atom is 0.230 e. The number of hydrogen-bond donors (Lipinski definition) is 2. The zero-order valence-electron chi connectivity index (χ0n) is 18.4. The summed E-state index contributed by atoms with van der Waals surface area (Å²) in [7, 11) is 3.68. The van der Waals surface area contributed by atoms with Crippen molar-refractivity contribution in [2.75, 3.05) is 27.2 Å². The Morgan fingerprint density at radius 3 is 2.53 bits per heavy atom. The lowest BCUT2D eigenvalue weighted by Crippen LogP contribution is -2.43. The van der Waals surface area contributed by atoms with E-state index in [1.54, 1.807) is 11.2 Å². The lowest BCUT2D eigenvalue weighted by Gasteiger charge is -2.29. The molecule has 1 aliphatic rings. The fourth-order valence-corrected chi connectivity index (χ4v) is 4.14. The Morgan fingerprint density at radius 1 is 1.17 bits per heavy atom. The van der Waals surface area contributed by atoms with Gasteiger partial charge in [-0.3, -0.25) is 9.79 Å². The van der Waals surface area contributed by atoms with Gasteiger partial charge in [-0.25, -0.2) is 0 Å². The standard InChI is InChI=1S/C24H34N4O2/c1-19(20-10-5-4-6-11-20)27-23(25-16-13-21-12-9-17-30-21)26-18-24(14-7-8-15-24)22(29)28(2)3/h4-6,9-12,17,19H,7-8,13-16,18H2,1-3H3,(H2,25,26,27). The van der Waals surface area contributed by atoms with Crippen LogP contribution in [0.25, 0.3) is 0 Å². The molecule has 1 fully saturated rings. The van der Waals surface area contributed by atoms with E-state index in [0.717, 1.165) is 43.8 Å². The van der Waals surface area contributed by atoms with E-state index in [9.17, 15) is 4.79 Å². The molecule has 0 bridgehead atoms. The van der Waals surface area contributed by atoms with Gasteiger partial charge in [-0.2, -0.15) is 0 Å². The summed E-state index contributed by atoms with van der Waals surface area (Å²) in [4.78, 5) is 19.5. The molecule has 0 radical (unpaired) electrons. The van der Waals surface area contributed by atoms with Crippen LogP contribution in [0.5, 0.6) is 0 Å². The summed E-state index contributed by atoms with van der Waals surface area (Å²) in [5.74, 6) is 1.86. The molecule has 1 saturated carbocycles. The number of carbonyl (C=O) groups excluding carboxylic acids is 1. The molecule has 1 amide bonds. The van der Waals surface area contributed by atoms with E-state index >= 15 is 0 Å². The minimum atomic E-state index is -0.380. The molecule has 162 valence electrons. The van der Waals surface area contributed by atoms with Crippen LogP contribution in [0.15, 0.2) is 58.1 Å². The van der Waals surface area contributed by atoms with Crippen LogP contribution in [0.3, 0.4) is 0 Å². The van der Waals surface area contributed by atoms with E-state index in [4.69, 9.17) is 9.41 Å². The SMILES string of the molecule is CC(NC(=NCC1(C(=O)N(C)C)CCCC1)NCCc1ccco1)c1ccccc1. The number of aliphatic imine (C=N–C) groups is 1. The first-order valence-corrected chi connectivity index (χ1v) is 10.8. The lowest BCUT2D eigenvalue weighted by molar-refractivity contribution is -0.138. The summed E-state index contributed by atoms with van der Waals surface area (Å²) in [5, 5.41) is 6.93. The first-order valence-electron chi connectivity index (χ1n) is 10.8. The predicted octanol–water partition coefficient (Wildman–Crippen LogP) is 3.77. The van der Waals surface area contributed by atoms with Crippen molar-refractivity contribution in [3.63, 3.8) is 0 Å². The minimum absolute atomic E-state index is 0.102. The molecule has 1 heterocycles. The first kappa shape index (κ1) is 21.9. The van der Waals surface area contributed by atoms with E-state index in [0.29, 0.717) is 13.1 Å². The topological polar surface area (TPSA) is 69.9 Å². The monoisotopic (exact) mass is 410 g/mol. The van der Waals surface area contributed by atoms with Crippen LogP contribution in [-0.4, -0.2) is 44.0 Å². The van der Waals surface area contributed by atoms with Crippen LogP contribution in [0, 0.1) is 5.41 Å². The number of furan rings is 1. The van der Waals surface area contributed by atoms with Crippen molar-refractivity contribution in [2.45, 2.75) is 45.1 Å². The first-order chi connectivity index (χ1) is 14.5. The normalized spacial score (nSPS) is 16.8. The van der Waals surface area contributed by atoms with Crippen molar-refractivity contribution in [3.05, 3.63) is 60.1 Å². The van der Waals surface area contributed by atoms with Gasteiger partial charge in [0.25, 0.3) is 0 Å². The van der Waals surface area contributed by atoms with Gasteiger partial charge in [0.05, 0.1) is 24.3 Å². The third kappa shape index (κ3) is 5.65. The number of amides is 1. The smallest absolute Gasteiger partial charge is 0.230 e. The Balaban J connectivity index is 1.72. The van der Waals surface area contributed by atoms with Crippen molar-refractivity contribution < 1.29 is 9.21 Å². The average Bonchev–Trinajstić information content (AvgIpc) is 3.44. The zero-order valence-corrected chi connectivity index (χ0v) is 18.4. The molecular weight excluding hydrogens is 376 g/mol. The van der Waals surface area contributed by atoms with Gasteiger partial charge in [0.2, 0.25) is 5.91 Å². The van der Waals surface area contributed by atoms with Gasteiger partial charge in [0, 0.05) is 27.1 Å². The third-order valence-electron chi connectivity index (χ3n) is 5.86. The Labute approximate surface area is 179 Å². The van der Waals surface area contributed by atoms with Gasteiger partial charge in [-0.15, -0.1) is 0 Å². The van der Waals surface area contributed by atoms with E-state index in [1.165, 1.54) is 5.56 Å². The Kier molecular flexibility index (Phi) is 7.55. The fourth-order valence-electron chi connectivity index (χ4n) is 4.14. The molecule has 1 aromatic heterocycles.